The molecular weight excluding hydrogens is 566 g/mol. The van der Waals surface area contributed by atoms with Crippen molar-refractivity contribution in [1.29, 1.82) is 0 Å². The van der Waals surface area contributed by atoms with Gasteiger partial charge in [0, 0.05) is 17.1 Å². The molecular formula is C36H35N5O2S. The molecule has 4 aromatic carbocycles. The number of thioether (sulfide) groups is 1. The van der Waals surface area contributed by atoms with E-state index in [0.717, 1.165) is 45.1 Å². The number of nitrogens with zero attached hydrogens (tertiary/aromatic N) is 3. The molecule has 1 aliphatic rings. The van der Waals surface area contributed by atoms with Crippen LogP contribution in [0.25, 0.3) is 0 Å². The van der Waals surface area contributed by atoms with Crippen molar-refractivity contribution in [3.63, 3.8) is 0 Å². The lowest BCUT2D eigenvalue weighted by Gasteiger charge is -2.29. The average Bonchev–Trinajstić information content (AvgIpc) is 3.43. The summed E-state index contributed by atoms with van der Waals surface area (Å²) < 4.78 is 7.91. The minimum absolute atomic E-state index is 0.189. The number of carbonyl (C=O) groups excluding carboxylic acids is 1. The maximum atomic E-state index is 14.0. The highest BCUT2D eigenvalue weighted by molar-refractivity contribution is 7.98. The number of fused-ring (bicyclic) bond motifs is 1. The molecule has 2 N–H and O–H groups in total. The number of hydrogen-bond acceptors (Lipinski definition) is 6. The zero-order chi connectivity index (χ0) is 30.6. The lowest BCUT2D eigenvalue weighted by molar-refractivity contribution is -0.113. The molecule has 0 aliphatic carbocycles. The Bertz CT molecular complexity index is 1830. The molecule has 8 heteroatoms. The number of anilines is 2. The zero-order valence-electron chi connectivity index (χ0n) is 25.3. The molecule has 6 rings (SSSR count). The van der Waals surface area contributed by atoms with Crippen LogP contribution in [0.1, 0.15) is 46.3 Å². The molecule has 2 heterocycles. The number of aromatic nitrogens is 3. The SMILES string of the molecule is CC1=C(C(=O)Nc2ccc(C)cc2C)C(c2ccc(OCc3cccc(C)c3)cc2)n2nc(SCc3ccccc3)nc2N1. The number of benzene rings is 4. The van der Waals surface area contributed by atoms with E-state index in [2.05, 4.69) is 54.0 Å². The third kappa shape index (κ3) is 6.55. The first-order chi connectivity index (χ1) is 21.3. The van der Waals surface area contributed by atoms with Crippen LogP contribution in [0.5, 0.6) is 5.75 Å². The Morgan fingerprint density at radius 2 is 1.64 bits per heavy atom. The summed E-state index contributed by atoms with van der Waals surface area (Å²) >= 11 is 1.57. The summed E-state index contributed by atoms with van der Waals surface area (Å²) in [6, 6.07) is 32.0. The van der Waals surface area contributed by atoms with Crippen molar-refractivity contribution in [1.82, 2.24) is 14.8 Å². The van der Waals surface area contributed by atoms with Crippen LogP contribution >= 0.6 is 11.8 Å². The van der Waals surface area contributed by atoms with Gasteiger partial charge in [-0.15, -0.1) is 5.10 Å². The van der Waals surface area contributed by atoms with Gasteiger partial charge < -0.3 is 15.4 Å². The normalized spacial score (nSPS) is 14.1. The molecule has 1 unspecified atom stereocenters. The van der Waals surface area contributed by atoms with Crippen LogP contribution in [-0.4, -0.2) is 20.7 Å². The van der Waals surface area contributed by atoms with Crippen LogP contribution in [0, 0.1) is 20.8 Å². The third-order valence-electron chi connectivity index (χ3n) is 7.60. The first kappa shape index (κ1) is 29.3. The maximum Gasteiger partial charge on any atom is 0.255 e. The molecule has 0 spiro atoms. The van der Waals surface area contributed by atoms with Crippen LogP contribution in [0.3, 0.4) is 0 Å². The molecule has 0 radical (unpaired) electrons. The van der Waals surface area contributed by atoms with Gasteiger partial charge in [-0.05, 0) is 68.1 Å². The van der Waals surface area contributed by atoms with Gasteiger partial charge in [0.15, 0.2) is 0 Å². The Morgan fingerprint density at radius 3 is 2.39 bits per heavy atom. The van der Waals surface area contributed by atoms with Gasteiger partial charge in [0.25, 0.3) is 5.91 Å². The predicted octanol–water partition coefficient (Wildman–Crippen LogP) is 8.00. The van der Waals surface area contributed by atoms with Gasteiger partial charge in [0.1, 0.15) is 18.4 Å². The maximum absolute atomic E-state index is 14.0. The van der Waals surface area contributed by atoms with Crippen molar-refractivity contribution in [2.75, 3.05) is 10.6 Å². The molecule has 7 nitrogen and oxygen atoms in total. The van der Waals surface area contributed by atoms with Crippen molar-refractivity contribution >= 4 is 29.3 Å². The standard InChI is InChI=1S/C36H35N5O2S/c1-23-9-8-12-28(20-23)21-43-30-16-14-29(15-17-30)33-32(34(42)38-31-18-13-24(2)19-25(31)3)26(4)37-35-39-36(40-41(33)35)44-22-27-10-6-5-7-11-27/h5-20,33H,21-22H2,1-4H3,(H,38,42)(H,37,39,40). The number of carbonyl (C=O) groups is 1. The number of nitrogens with one attached hydrogen (secondary N) is 2. The van der Waals surface area contributed by atoms with Crippen LogP contribution in [0.15, 0.2) is 113 Å². The number of amides is 1. The van der Waals surface area contributed by atoms with E-state index in [1.165, 1.54) is 11.1 Å². The molecule has 1 aliphatic heterocycles. The third-order valence-corrected chi connectivity index (χ3v) is 8.51. The second-order valence-corrected chi connectivity index (χ2v) is 12.1. The highest BCUT2D eigenvalue weighted by Crippen LogP contribution is 2.38. The lowest BCUT2D eigenvalue weighted by atomic mass is 9.94. The minimum atomic E-state index is -0.485. The lowest BCUT2D eigenvalue weighted by Crippen LogP contribution is -2.31. The molecule has 0 saturated carbocycles. The van der Waals surface area contributed by atoms with Gasteiger partial charge in [-0.1, -0.05) is 102 Å². The van der Waals surface area contributed by atoms with E-state index in [0.29, 0.717) is 23.3 Å². The number of ether oxygens (including phenoxy) is 1. The Labute approximate surface area is 262 Å². The van der Waals surface area contributed by atoms with Crippen LogP contribution < -0.4 is 15.4 Å². The Hall–Kier alpha value is -4.82. The fraction of sp³-hybridized carbons (Fsp3) is 0.194. The van der Waals surface area contributed by atoms with Crippen LogP contribution in [0.2, 0.25) is 0 Å². The molecule has 1 amide bonds. The number of allylic oxidation sites excluding steroid dienone is 1. The average molecular weight is 602 g/mol. The molecule has 222 valence electrons. The van der Waals surface area contributed by atoms with Crippen molar-refractivity contribution in [3.8, 4) is 5.75 Å². The second kappa shape index (κ2) is 12.8. The fourth-order valence-electron chi connectivity index (χ4n) is 5.38. The van der Waals surface area contributed by atoms with Crippen molar-refractivity contribution < 1.29 is 9.53 Å². The van der Waals surface area contributed by atoms with Gasteiger partial charge >= 0.3 is 0 Å². The molecule has 5 aromatic rings. The Kier molecular flexibility index (Phi) is 8.52. The summed E-state index contributed by atoms with van der Waals surface area (Å²) in [7, 11) is 0. The summed E-state index contributed by atoms with van der Waals surface area (Å²) in [6.45, 7) is 8.51. The molecule has 1 aromatic heterocycles. The number of aryl methyl sites for hydroxylation is 3. The van der Waals surface area contributed by atoms with E-state index in [-0.39, 0.29) is 5.91 Å². The first-order valence-corrected chi connectivity index (χ1v) is 15.6. The summed E-state index contributed by atoms with van der Waals surface area (Å²) in [5.74, 6) is 1.91. The largest absolute Gasteiger partial charge is 0.489 e. The van der Waals surface area contributed by atoms with Gasteiger partial charge in [0.05, 0.1) is 5.57 Å². The first-order valence-electron chi connectivity index (χ1n) is 14.6. The Morgan fingerprint density at radius 1 is 0.886 bits per heavy atom. The molecule has 44 heavy (non-hydrogen) atoms. The minimum Gasteiger partial charge on any atom is -0.489 e. The highest BCUT2D eigenvalue weighted by atomic mass is 32.2. The van der Waals surface area contributed by atoms with Crippen LogP contribution in [0.4, 0.5) is 11.6 Å². The predicted molar refractivity (Wildman–Crippen MR) is 177 cm³/mol. The molecule has 0 saturated heterocycles. The molecule has 1 atom stereocenters. The quantitative estimate of drug-likeness (QED) is 0.167. The van der Waals surface area contributed by atoms with E-state index < -0.39 is 6.04 Å². The molecule has 0 bridgehead atoms. The number of hydrogen-bond donors (Lipinski definition) is 2. The summed E-state index contributed by atoms with van der Waals surface area (Å²) in [5, 5.41) is 12.0. The Balaban J connectivity index is 1.30. The summed E-state index contributed by atoms with van der Waals surface area (Å²) in [6.07, 6.45) is 0. The van der Waals surface area contributed by atoms with E-state index in [4.69, 9.17) is 14.8 Å². The van der Waals surface area contributed by atoms with Gasteiger partial charge in [0.2, 0.25) is 11.1 Å². The second-order valence-electron chi connectivity index (χ2n) is 11.1. The fourth-order valence-corrected chi connectivity index (χ4v) is 6.16. The van der Waals surface area contributed by atoms with E-state index in [1.807, 2.05) is 86.1 Å². The van der Waals surface area contributed by atoms with Crippen molar-refractivity contribution in [2.24, 2.45) is 0 Å². The van der Waals surface area contributed by atoms with Gasteiger partial charge in [-0.25, -0.2) is 4.68 Å². The van der Waals surface area contributed by atoms with Gasteiger partial charge in [-0.3, -0.25) is 4.79 Å². The topological polar surface area (TPSA) is 81.1 Å². The van der Waals surface area contributed by atoms with Crippen molar-refractivity contribution in [3.05, 3.63) is 142 Å². The monoisotopic (exact) mass is 601 g/mol. The van der Waals surface area contributed by atoms with Gasteiger partial charge in [-0.2, -0.15) is 4.98 Å². The zero-order valence-corrected chi connectivity index (χ0v) is 26.1. The van der Waals surface area contributed by atoms with E-state index in [9.17, 15) is 4.79 Å². The van der Waals surface area contributed by atoms with Crippen molar-refractivity contribution in [2.45, 2.75) is 51.3 Å². The van der Waals surface area contributed by atoms with E-state index >= 15 is 0 Å². The summed E-state index contributed by atoms with van der Waals surface area (Å²) in [4.78, 5) is 18.8. The molecule has 0 fully saturated rings. The highest BCUT2D eigenvalue weighted by Gasteiger charge is 2.34. The van der Waals surface area contributed by atoms with Crippen LogP contribution in [-0.2, 0) is 17.2 Å². The number of rotatable bonds is 9. The van der Waals surface area contributed by atoms with E-state index in [1.54, 1.807) is 11.8 Å². The smallest absolute Gasteiger partial charge is 0.255 e. The summed E-state index contributed by atoms with van der Waals surface area (Å²) in [5.41, 5.74) is 8.66.